The molecule has 0 bridgehead atoms. The van der Waals surface area contributed by atoms with E-state index in [2.05, 4.69) is 9.97 Å². The molecule has 22 heavy (non-hydrogen) atoms. The summed E-state index contributed by atoms with van der Waals surface area (Å²) in [7, 11) is 0. The van der Waals surface area contributed by atoms with Gasteiger partial charge in [0.15, 0.2) is 0 Å². The van der Waals surface area contributed by atoms with Crippen molar-refractivity contribution in [3.8, 4) is 10.6 Å². The number of halogens is 1. The van der Waals surface area contributed by atoms with E-state index in [0.717, 1.165) is 10.6 Å². The lowest BCUT2D eigenvalue weighted by atomic mass is 10.2. The van der Waals surface area contributed by atoms with Crippen LogP contribution in [0.3, 0.4) is 0 Å². The van der Waals surface area contributed by atoms with Gasteiger partial charge in [0.25, 0.3) is 0 Å². The van der Waals surface area contributed by atoms with Gasteiger partial charge >= 0.3 is 5.97 Å². The SMILES string of the molecule is O=C(OCc1csc(-c2ccccc2Cl)n1)c1ccncc1. The molecule has 2 heterocycles. The summed E-state index contributed by atoms with van der Waals surface area (Å²) in [4.78, 5) is 20.2. The number of pyridine rings is 1. The largest absolute Gasteiger partial charge is 0.456 e. The molecule has 0 amide bonds. The molecule has 0 aliphatic carbocycles. The minimum absolute atomic E-state index is 0.127. The number of carbonyl (C=O) groups is 1. The first kappa shape index (κ1) is 14.7. The number of hydrogen-bond donors (Lipinski definition) is 0. The summed E-state index contributed by atoms with van der Waals surface area (Å²) in [6.07, 6.45) is 3.10. The second kappa shape index (κ2) is 6.68. The van der Waals surface area contributed by atoms with Crippen LogP contribution in [0.2, 0.25) is 5.02 Å². The van der Waals surface area contributed by atoms with Crippen LogP contribution in [0.5, 0.6) is 0 Å². The van der Waals surface area contributed by atoms with Gasteiger partial charge < -0.3 is 4.74 Å². The standard InChI is InChI=1S/C16H11ClN2O2S/c17-14-4-2-1-3-13(14)15-19-12(10-22-15)9-21-16(20)11-5-7-18-8-6-11/h1-8,10H,9H2. The van der Waals surface area contributed by atoms with Gasteiger partial charge in [0.2, 0.25) is 0 Å². The van der Waals surface area contributed by atoms with E-state index in [1.54, 1.807) is 24.5 Å². The summed E-state index contributed by atoms with van der Waals surface area (Å²) in [6.45, 7) is 0.127. The molecule has 4 nitrogen and oxygen atoms in total. The van der Waals surface area contributed by atoms with Crippen molar-refractivity contribution in [3.05, 3.63) is 70.5 Å². The summed E-state index contributed by atoms with van der Waals surface area (Å²) < 4.78 is 5.24. The van der Waals surface area contributed by atoms with E-state index >= 15 is 0 Å². The van der Waals surface area contributed by atoms with Crippen LogP contribution in [-0.4, -0.2) is 15.9 Å². The quantitative estimate of drug-likeness (QED) is 0.672. The van der Waals surface area contributed by atoms with Crippen LogP contribution in [0.4, 0.5) is 0 Å². The highest BCUT2D eigenvalue weighted by Crippen LogP contribution is 2.30. The van der Waals surface area contributed by atoms with Crippen molar-refractivity contribution >= 4 is 28.9 Å². The van der Waals surface area contributed by atoms with Crippen LogP contribution in [0, 0.1) is 0 Å². The summed E-state index contributed by atoms with van der Waals surface area (Å²) >= 11 is 7.62. The average molecular weight is 331 g/mol. The average Bonchev–Trinajstić information content (AvgIpc) is 3.02. The topological polar surface area (TPSA) is 52.1 Å². The van der Waals surface area contributed by atoms with Crippen molar-refractivity contribution in [3.63, 3.8) is 0 Å². The molecule has 1 aromatic carbocycles. The molecule has 110 valence electrons. The molecule has 6 heteroatoms. The fourth-order valence-corrected chi connectivity index (χ4v) is 2.97. The monoisotopic (exact) mass is 330 g/mol. The van der Waals surface area contributed by atoms with Gasteiger partial charge in [0, 0.05) is 23.3 Å². The molecule has 2 aromatic heterocycles. The second-order valence-electron chi connectivity index (χ2n) is 4.44. The number of rotatable bonds is 4. The predicted molar refractivity (Wildman–Crippen MR) is 85.9 cm³/mol. The van der Waals surface area contributed by atoms with E-state index in [1.165, 1.54) is 11.3 Å². The lowest BCUT2D eigenvalue weighted by Gasteiger charge is -2.02. The van der Waals surface area contributed by atoms with Gasteiger partial charge in [-0.15, -0.1) is 11.3 Å². The summed E-state index contributed by atoms with van der Waals surface area (Å²) in [5.41, 5.74) is 2.04. The number of esters is 1. The lowest BCUT2D eigenvalue weighted by Crippen LogP contribution is -2.05. The molecule has 0 unspecified atom stereocenters. The van der Waals surface area contributed by atoms with E-state index in [4.69, 9.17) is 16.3 Å². The van der Waals surface area contributed by atoms with E-state index < -0.39 is 5.97 Å². The highest BCUT2D eigenvalue weighted by atomic mass is 35.5. The maximum atomic E-state index is 11.9. The molecule has 0 aliphatic rings. The Kier molecular flexibility index (Phi) is 4.46. The number of ether oxygens (including phenoxy) is 1. The zero-order valence-electron chi connectivity index (χ0n) is 11.4. The molecule has 3 aromatic rings. The van der Waals surface area contributed by atoms with Crippen molar-refractivity contribution in [2.75, 3.05) is 0 Å². The molecule has 0 radical (unpaired) electrons. The molecule has 0 atom stereocenters. The molecule has 3 rings (SSSR count). The van der Waals surface area contributed by atoms with Crippen LogP contribution in [0.1, 0.15) is 16.1 Å². The van der Waals surface area contributed by atoms with Crippen LogP contribution >= 0.6 is 22.9 Å². The minimum Gasteiger partial charge on any atom is -0.456 e. The third-order valence-electron chi connectivity index (χ3n) is 2.92. The number of nitrogens with zero attached hydrogens (tertiary/aromatic N) is 2. The first-order chi connectivity index (χ1) is 10.7. The minimum atomic E-state index is -0.394. The molecule has 0 saturated carbocycles. The fourth-order valence-electron chi connectivity index (χ4n) is 1.84. The smallest absolute Gasteiger partial charge is 0.338 e. The number of carbonyl (C=O) groups excluding carboxylic acids is 1. The second-order valence-corrected chi connectivity index (χ2v) is 5.70. The van der Waals surface area contributed by atoms with E-state index in [0.29, 0.717) is 16.3 Å². The van der Waals surface area contributed by atoms with Crippen molar-refractivity contribution in [1.82, 2.24) is 9.97 Å². The first-order valence-electron chi connectivity index (χ1n) is 6.50. The van der Waals surface area contributed by atoms with Crippen LogP contribution in [0.15, 0.2) is 54.2 Å². The Morgan fingerprint density at radius 1 is 1.18 bits per heavy atom. The lowest BCUT2D eigenvalue weighted by molar-refractivity contribution is 0.0468. The maximum Gasteiger partial charge on any atom is 0.338 e. The third kappa shape index (κ3) is 3.32. The van der Waals surface area contributed by atoms with E-state index in [1.807, 2.05) is 29.6 Å². The van der Waals surface area contributed by atoms with Crippen molar-refractivity contribution < 1.29 is 9.53 Å². The first-order valence-corrected chi connectivity index (χ1v) is 7.76. The number of hydrogen-bond acceptors (Lipinski definition) is 5. The number of aromatic nitrogens is 2. The Hall–Kier alpha value is -2.24. The van der Waals surface area contributed by atoms with Gasteiger partial charge in [-0.2, -0.15) is 0 Å². The van der Waals surface area contributed by atoms with Gasteiger partial charge in [-0.1, -0.05) is 29.8 Å². The highest BCUT2D eigenvalue weighted by Gasteiger charge is 2.11. The molecule has 0 spiro atoms. The van der Waals surface area contributed by atoms with Crippen molar-refractivity contribution in [2.24, 2.45) is 0 Å². The Morgan fingerprint density at radius 2 is 1.95 bits per heavy atom. The summed E-state index contributed by atoms with van der Waals surface area (Å²) in [5, 5.41) is 3.32. The predicted octanol–water partition coefficient (Wildman–Crippen LogP) is 4.22. The Labute approximate surface area is 136 Å². The van der Waals surface area contributed by atoms with Crippen LogP contribution in [-0.2, 0) is 11.3 Å². The van der Waals surface area contributed by atoms with Gasteiger partial charge in [0.1, 0.15) is 11.6 Å². The molecule has 0 fully saturated rings. The molecular formula is C16H11ClN2O2S. The molecule has 0 saturated heterocycles. The van der Waals surface area contributed by atoms with Crippen molar-refractivity contribution in [1.29, 1.82) is 0 Å². The van der Waals surface area contributed by atoms with Gasteiger partial charge in [-0.05, 0) is 18.2 Å². The fraction of sp³-hybridized carbons (Fsp3) is 0.0625. The van der Waals surface area contributed by atoms with E-state index in [-0.39, 0.29) is 6.61 Å². The zero-order chi connectivity index (χ0) is 15.4. The Morgan fingerprint density at radius 3 is 2.73 bits per heavy atom. The Balaban J connectivity index is 1.68. The highest BCUT2D eigenvalue weighted by molar-refractivity contribution is 7.13. The van der Waals surface area contributed by atoms with Crippen LogP contribution in [0.25, 0.3) is 10.6 Å². The molecular weight excluding hydrogens is 320 g/mol. The normalized spacial score (nSPS) is 10.4. The zero-order valence-corrected chi connectivity index (χ0v) is 13.0. The Bertz CT molecular complexity index is 790. The van der Waals surface area contributed by atoms with Gasteiger partial charge in [-0.3, -0.25) is 4.98 Å². The van der Waals surface area contributed by atoms with Crippen LogP contribution < -0.4 is 0 Å². The maximum absolute atomic E-state index is 11.9. The van der Waals surface area contributed by atoms with Gasteiger partial charge in [-0.25, -0.2) is 9.78 Å². The number of benzene rings is 1. The van der Waals surface area contributed by atoms with Gasteiger partial charge in [0.05, 0.1) is 16.3 Å². The molecule has 0 N–H and O–H groups in total. The molecule has 0 aliphatic heterocycles. The summed E-state index contributed by atoms with van der Waals surface area (Å²) in [5.74, 6) is -0.394. The van der Waals surface area contributed by atoms with E-state index in [9.17, 15) is 4.79 Å². The third-order valence-corrected chi connectivity index (χ3v) is 4.18. The number of thiazole rings is 1. The summed E-state index contributed by atoms with van der Waals surface area (Å²) in [6, 6.07) is 10.7. The van der Waals surface area contributed by atoms with Crippen molar-refractivity contribution in [2.45, 2.75) is 6.61 Å².